The third-order valence-corrected chi connectivity index (χ3v) is 4.19. The summed E-state index contributed by atoms with van der Waals surface area (Å²) < 4.78 is 6.98. The summed E-state index contributed by atoms with van der Waals surface area (Å²) in [5.74, 6) is -0.394. The second kappa shape index (κ2) is 6.03. The summed E-state index contributed by atoms with van der Waals surface area (Å²) in [4.78, 5) is 12.3. The molecule has 3 rings (SSSR count). The van der Waals surface area contributed by atoms with E-state index in [0.29, 0.717) is 22.3 Å². The molecule has 0 fully saturated rings. The number of hydrogen-bond donors (Lipinski definition) is 0. The van der Waals surface area contributed by atoms with Crippen molar-refractivity contribution in [1.29, 1.82) is 0 Å². The van der Waals surface area contributed by atoms with Crippen molar-refractivity contribution in [2.24, 2.45) is 0 Å². The van der Waals surface area contributed by atoms with Crippen LogP contribution < -0.4 is 0 Å². The van der Waals surface area contributed by atoms with Gasteiger partial charge in [-0.3, -0.25) is 0 Å². The molecule has 3 nitrogen and oxygen atoms in total. The molecular formula is C17H13Cl2NO2. The first-order valence-corrected chi connectivity index (χ1v) is 7.61. The van der Waals surface area contributed by atoms with Gasteiger partial charge in [-0.05, 0) is 37.3 Å². The van der Waals surface area contributed by atoms with Crippen LogP contribution in [0.15, 0.2) is 48.5 Å². The van der Waals surface area contributed by atoms with Crippen LogP contribution in [0.25, 0.3) is 16.6 Å². The van der Waals surface area contributed by atoms with Gasteiger partial charge in [-0.1, -0.05) is 41.4 Å². The molecule has 0 aliphatic carbocycles. The average Bonchev–Trinajstić information content (AvgIpc) is 2.92. The zero-order valence-electron chi connectivity index (χ0n) is 11.8. The molecule has 0 saturated carbocycles. The van der Waals surface area contributed by atoms with E-state index in [4.69, 9.17) is 27.9 Å². The van der Waals surface area contributed by atoms with E-state index < -0.39 is 5.97 Å². The highest BCUT2D eigenvalue weighted by Crippen LogP contribution is 2.34. The van der Waals surface area contributed by atoms with E-state index in [1.807, 2.05) is 41.0 Å². The van der Waals surface area contributed by atoms with E-state index >= 15 is 0 Å². The minimum Gasteiger partial charge on any atom is -0.461 e. The van der Waals surface area contributed by atoms with Crippen LogP contribution in [0.3, 0.4) is 0 Å². The number of halogens is 2. The Morgan fingerprint density at radius 1 is 1.14 bits per heavy atom. The smallest absolute Gasteiger partial charge is 0.355 e. The van der Waals surface area contributed by atoms with Gasteiger partial charge in [0.15, 0.2) is 0 Å². The molecule has 3 aromatic rings. The number of ether oxygens (including phenoxy) is 1. The van der Waals surface area contributed by atoms with E-state index in [1.54, 1.807) is 19.1 Å². The Hall–Kier alpha value is -1.97. The highest BCUT2D eigenvalue weighted by molar-refractivity contribution is 6.45. The lowest BCUT2D eigenvalue weighted by Gasteiger charge is -2.10. The summed E-state index contributed by atoms with van der Waals surface area (Å²) in [6.07, 6.45) is 0. The number of esters is 1. The van der Waals surface area contributed by atoms with Crippen molar-refractivity contribution in [3.63, 3.8) is 0 Å². The maximum absolute atomic E-state index is 12.3. The molecule has 0 saturated heterocycles. The summed E-state index contributed by atoms with van der Waals surface area (Å²) in [5, 5.41) is 1.61. The number of hydrogen-bond acceptors (Lipinski definition) is 2. The van der Waals surface area contributed by atoms with E-state index in [0.717, 1.165) is 16.6 Å². The lowest BCUT2D eigenvalue weighted by Crippen LogP contribution is -2.10. The molecule has 0 radical (unpaired) electrons. The number of carbonyl (C=O) groups excluding carboxylic acids is 1. The Morgan fingerprint density at radius 2 is 1.86 bits per heavy atom. The largest absolute Gasteiger partial charge is 0.461 e. The highest BCUT2D eigenvalue weighted by Gasteiger charge is 2.20. The summed E-state index contributed by atoms with van der Waals surface area (Å²) in [5.41, 5.74) is 2.09. The van der Waals surface area contributed by atoms with Gasteiger partial charge in [0, 0.05) is 11.1 Å². The minimum atomic E-state index is -0.394. The maximum atomic E-state index is 12.3. The van der Waals surface area contributed by atoms with Crippen LogP contribution in [-0.2, 0) is 4.74 Å². The number of aromatic nitrogens is 1. The third kappa shape index (κ3) is 2.47. The van der Waals surface area contributed by atoms with Crippen molar-refractivity contribution in [1.82, 2.24) is 4.57 Å². The van der Waals surface area contributed by atoms with Gasteiger partial charge in [-0.25, -0.2) is 4.79 Å². The first-order chi connectivity index (χ1) is 10.6. The summed E-state index contributed by atoms with van der Waals surface area (Å²) >= 11 is 12.4. The molecule has 5 heteroatoms. The second-order valence-electron chi connectivity index (χ2n) is 4.72. The Labute approximate surface area is 138 Å². The summed E-state index contributed by atoms with van der Waals surface area (Å²) in [6.45, 7) is 2.08. The van der Waals surface area contributed by atoms with Crippen molar-refractivity contribution >= 4 is 40.1 Å². The van der Waals surface area contributed by atoms with Crippen LogP contribution in [0.5, 0.6) is 0 Å². The lowest BCUT2D eigenvalue weighted by molar-refractivity contribution is 0.0517. The van der Waals surface area contributed by atoms with E-state index in [-0.39, 0.29) is 0 Å². The van der Waals surface area contributed by atoms with Gasteiger partial charge in [0.05, 0.1) is 22.2 Å². The fourth-order valence-corrected chi connectivity index (χ4v) is 2.81. The Kier molecular flexibility index (Phi) is 4.10. The molecule has 0 aliphatic heterocycles. The van der Waals surface area contributed by atoms with Crippen molar-refractivity contribution < 1.29 is 9.53 Å². The van der Waals surface area contributed by atoms with E-state index in [2.05, 4.69) is 0 Å². The number of carbonyl (C=O) groups is 1. The first-order valence-electron chi connectivity index (χ1n) is 6.85. The van der Waals surface area contributed by atoms with E-state index in [9.17, 15) is 4.79 Å². The molecule has 0 aliphatic rings. The van der Waals surface area contributed by atoms with Crippen molar-refractivity contribution in [3.05, 3.63) is 64.3 Å². The van der Waals surface area contributed by atoms with Gasteiger partial charge < -0.3 is 9.30 Å². The number of para-hydroxylation sites is 1. The maximum Gasteiger partial charge on any atom is 0.355 e. The van der Waals surface area contributed by atoms with E-state index in [1.165, 1.54) is 0 Å². The van der Waals surface area contributed by atoms with Crippen molar-refractivity contribution in [2.75, 3.05) is 6.61 Å². The normalized spacial score (nSPS) is 10.9. The average molecular weight is 334 g/mol. The van der Waals surface area contributed by atoms with Gasteiger partial charge in [-0.2, -0.15) is 0 Å². The summed E-state index contributed by atoms with van der Waals surface area (Å²) in [7, 11) is 0. The quantitative estimate of drug-likeness (QED) is 0.623. The van der Waals surface area contributed by atoms with Crippen LogP contribution in [0, 0.1) is 0 Å². The molecule has 0 unspecified atom stereocenters. The Morgan fingerprint density at radius 3 is 2.55 bits per heavy atom. The number of rotatable bonds is 3. The number of benzene rings is 2. The third-order valence-electron chi connectivity index (χ3n) is 3.37. The molecule has 2 aromatic carbocycles. The van der Waals surface area contributed by atoms with Gasteiger partial charge >= 0.3 is 5.97 Å². The molecule has 0 atom stereocenters. The van der Waals surface area contributed by atoms with Gasteiger partial charge in [0.1, 0.15) is 5.69 Å². The van der Waals surface area contributed by atoms with Crippen LogP contribution in [0.4, 0.5) is 0 Å². The van der Waals surface area contributed by atoms with Crippen molar-refractivity contribution in [3.8, 4) is 5.69 Å². The predicted molar refractivity (Wildman–Crippen MR) is 89.3 cm³/mol. The first kappa shape index (κ1) is 14.9. The van der Waals surface area contributed by atoms with Crippen molar-refractivity contribution in [2.45, 2.75) is 6.92 Å². The molecule has 0 N–H and O–H groups in total. The van der Waals surface area contributed by atoms with Crippen LogP contribution in [0.2, 0.25) is 10.0 Å². The lowest BCUT2D eigenvalue weighted by atomic mass is 10.2. The summed E-state index contributed by atoms with van der Waals surface area (Å²) in [6, 6.07) is 14.9. The molecule has 0 spiro atoms. The Bertz CT molecular complexity index is 841. The molecule has 0 amide bonds. The van der Waals surface area contributed by atoms with Crippen LogP contribution in [-0.4, -0.2) is 17.1 Å². The Balaban J connectivity index is 2.33. The van der Waals surface area contributed by atoms with Crippen LogP contribution in [0.1, 0.15) is 17.4 Å². The molecular weight excluding hydrogens is 321 g/mol. The topological polar surface area (TPSA) is 31.2 Å². The monoisotopic (exact) mass is 333 g/mol. The zero-order chi connectivity index (χ0) is 15.7. The predicted octanol–water partition coefficient (Wildman–Crippen LogP) is 5.11. The van der Waals surface area contributed by atoms with Gasteiger partial charge in [-0.15, -0.1) is 0 Å². The molecule has 112 valence electrons. The SMILES string of the molecule is CCOC(=O)c1cc2c(Cl)c(Cl)ccc2n1-c1ccccc1. The molecule has 0 bridgehead atoms. The highest BCUT2D eigenvalue weighted by atomic mass is 35.5. The molecule has 1 heterocycles. The molecule has 22 heavy (non-hydrogen) atoms. The number of nitrogens with zero attached hydrogens (tertiary/aromatic N) is 1. The number of fused-ring (bicyclic) bond motifs is 1. The zero-order valence-corrected chi connectivity index (χ0v) is 13.4. The fraction of sp³-hybridized carbons (Fsp3) is 0.118. The fourth-order valence-electron chi connectivity index (χ4n) is 2.43. The molecule has 1 aromatic heterocycles. The van der Waals surface area contributed by atoms with Gasteiger partial charge in [0.25, 0.3) is 0 Å². The standard InChI is InChI=1S/C17H13Cl2NO2/c1-2-22-17(21)15-10-12-14(9-8-13(18)16(12)19)20(15)11-6-4-3-5-7-11/h3-10H,2H2,1H3. The van der Waals surface area contributed by atoms with Crippen LogP contribution >= 0.6 is 23.2 Å². The second-order valence-corrected chi connectivity index (χ2v) is 5.50. The van der Waals surface area contributed by atoms with Gasteiger partial charge in [0.2, 0.25) is 0 Å². The minimum absolute atomic E-state index is 0.309.